The minimum Gasteiger partial charge on any atom is -0.0920 e. The molecule has 0 radical (unpaired) electrons. The van der Waals surface area contributed by atoms with Gasteiger partial charge in [0.05, 0.1) is 0 Å². The summed E-state index contributed by atoms with van der Waals surface area (Å²) in [7, 11) is 0. The van der Waals surface area contributed by atoms with Crippen molar-refractivity contribution in [2.45, 2.75) is 22.5 Å². The molecule has 0 heterocycles. The van der Waals surface area contributed by atoms with Crippen LogP contribution >= 0.6 is 46.4 Å². The van der Waals surface area contributed by atoms with Crippen LogP contribution in [-0.2, 0) is 0 Å². The molecule has 0 aromatic heterocycles. The molecular formula is C8H8Cl4. The molecule has 1 aliphatic carbocycles. The molecule has 0 aromatic carbocycles. The van der Waals surface area contributed by atoms with Gasteiger partial charge in [0.1, 0.15) is 0 Å². The topological polar surface area (TPSA) is 0 Å². The number of alkyl halides is 4. The van der Waals surface area contributed by atoms with Crippen molar-refractivity contribution >= 4 is 46.4 Å². The highest BCUT2D eigenvalue weighted by Crippen LogP contribution is 2.44. The predicted molar refractivity (Wildman–Crippen MR) is 56.4 cm³/mol. The zero-order valence-electron chi connectivity index (χ0n) is 6.67. The predicted octanol–water partition coefficient (Wildman–Crippen LogP) is 4.24. The molecule has 0 aliphatic heterocycles. The summed E-state index contributed by atoms with van der Waals surface area (Å²) in [4.78, 5) is 0. The SMILES string of the molecule is CC1=CC(Cl)(Cl)C(C)=CC1(Cl)Cl. The Morgan fingerprint density at radius 3 is 1.33 bits per heavy atom. The van der Waals surface area contributed by atoms with E-state index in [1.165, 1.54) is 0 Å². The molecule has 0 fully saturated rings. The van der Waals surface area contributed by atoms with E-state index in [-0.39, 0.29) is 0 Å². The first kappa shape index (κ1) is 10.7. The van der Waals surface area contributed by atoms with Crippen LogP contribution in [0.1, 0.15) is 13.8 Å². The summed E-state index contributed by atoms with van der Waals surface area (Å²) in [5.74, 6) is 0. The summed E-state index contributed by atoms with van der Waals surface area (Å²) >= 11 is 23.8. The molecule has 4 heteroatoms. The van der Waals surface area contributed by atoms with Crippen LogP contribution in [0.3, 0.4) is 0 Å². The Morgan fingerprint density at radius 2 is 1.08 bits per heavy atom. The van der Waals surface area contributed by atoms with Gasteiger partial charge in [-0.1, -0.05) is 46.4 Å². The summed E-state index contributed by atoms with van der Waals surface area (Å²) in [5.41, 5.74) is 1.50. The maximum atomic E-state index is 5.95. The summed E-state index contributed by atoms with van der Waals surface area (Å²) in [6, 6.07) is 0. The molecule has 0 amide bonds. The largest absolute Gasteiger partial charge is 0.157 e. The standard InChI is InChI=1S/C8H8Cl4/c1-5-3-8(11,12)6(2)4-7(5,9)10/h3-4H,1-2H3. The van der Waals surface area contributed by atoms with E-state index >= 15 is 0 Å². The van der Waals surface area contributed by atoms with Gasteiger partial charge in [-0.05, 0) is 37.1 Å². The second kappa shape index (κ2) is 3.09. The fourth-order valence-corrected chi connectivity index (χ4v) is 1.84. The molecule has 0 nitrogen and oxygen atoms in total. The first-order valence-electron chi connectivity index (χ1n) is 3.41. The number of hydrogen-bond donors (Lipinski definition) is 0. The molecule has 0 aromatic rings. The highest BCUT2D eigenvalue weighted by atomic mass is 35.5. The van der Waals surface area contributed by atoms with E-state index in [1.54, 1.807) is 26.0 Å². The van der Waals surface area contributed by atoms with Gasteiger partial charge in [-0.15, -0.1) is 0 Å². The molecular weight excluding hydrogens is 238 g/mol. The third-order valence-electron chi connectivity index (χ3n) is 1.85. The van der Waals surface area contributed by atoms with Crippen molar-refractivity contribution < 1.29 is 0 Å². The van der Waals surface area contributed by atoms with E-state index in [9.17, 15) is 0 Å². The fourth-order valence-electron chi connectivity index (χ4n) is 0.964. The van der Waals surface area contributed by atoms with E-state index < -0.39 is 8.67 Å². The average Bonchev–Trinajstić information content (AvgIpc) is 1.82. The lowest BCUT2D eigenvalue weighted by Gasteiger charge is -2.29. The van der Waals surface area contributed by atoms with Crippen LogP contribution < -0.4 is 0 Å². The van der Waals surface area contributed by atoms with E-state index in [2.05, 4.69) is 0 Å². The maximum Gasteiger partial charge on any atom is 0.157 e. The van der Waals surface area contributed by atoms with Crippen molar-refractivity contribution in [3.63, 3.8) is 0 Å². The Labute approximate surface area is 92.1 Å². The second-order valence-electron chi connectivity index (χ2n) is 2.90. The summed E-state index contributed by atoms with van der Waals surface area (Å²) in [6.45, 7) is 3.59. The average molecular weight is 246 g/mol. The van der Waals surface area contributed by atoms with E-state index in [1.807, 2.05) is 0 Å². The molecule has 0 unspecified atom stereocenters. The smallest absolute Gasteiger partial charge is 0.0920 e. The monoisotopic (exact) mass is 244 g/mol. The highest BCUT2D eigenvalue weighted by Gasteiger charge is 2.36. The Balaban J connectivity index is 3.13. The number of rotatable bonds is 0. The number of halogens is 4. The van der Waals surface area contributed by atoms with Crippen LogP contribution in [0.2, 0.25) is 0 Å². The van der Waals surface area contributed by atoms with Crippen molar-refractivity contribution in [3.8, 4) is 0 Å². The lowest BCUT2D eigenvalue weighted by Crippen LogP contribution is -2.25. The lowest BCUT2D eigenvalue weighted by molar-refractivity contribution is 0.969. The minimum atomic E-state index is -0.961. The van der Waals surface area contributed by atoms with Crippen molar-refractivity contribution in [2.24, 2.45) is 0 Å². The van der Waals surface area contributed by atoms with Gasteiger partial charge in [0.15, 0.2) is 8.67 Å². The van der Waals surface area contributed by atoms with Crippen LogP contribution in [0, 0.1) is 0 Å². The van der Waals surface area contributed by atoms with Crippen molar-refractivity contribution in [1.29, 1.82) is 0 Å². The quantitative estimate of drug-likeness (QED) is 0.443. The summed E-state index contributed by atoms with van der Waals surface area (Å²) in [6.07, 6.45) is 3.32. The maximum absolute atomic E-state index is 5.95. The molecule has 0 bridgehead atoms. The van der Waals surface area contributed by atoms with E-state index in [0.29, 0.717) is 0 Å². The van der Waals surface area contributed by atoms with Crippen LogP contribution in [0.25, 0.3) is 0 Å². The van der Waals surface area contributed by atoms with Gasteiger partial charge < -0.3 is 0 Å². The van der Waals surface area contributed by atoms with Gasteiger partial charge in [0.25, 0.3) is 0 Å². The minimum absolute atomic E-state index is 0.751. The normalized spacial score (nSPS) is 26.2. The van der Waals surface area contributed by atoms with Crippen LogP contribution in [0.15, 0.2) is 23.3 Å². The summed E-state index contributed by atoms with van der Waals surface area (Å²) < 4.78 is -1.92. The van der Waals surface area contributed by atoms with Gasteiger partial charge in [0, 0.05) is 0 Å². The zero-order chi connectivity index (χ0) is 9.57. The van der Waals surface area contributed by atoms with Crippen molar-refractivity contribution in [2.75, 3.05) is 0 Å². The number of allylic oxidation sites excluding steroid dienone is 4. The van der Waals surface area contributed by atoms with Gasteiger partial charge in [-0.25, -0.2) is 0 Å². The van der Waals surface area contributed by atoms with Crippen LogP contribution in [0.5, 0.6) is 0 Å². The molecule has 0 atom stereocenters. The van der Waals surface area contributed by atoms with Gasteiger partial charge in [-0.3, -0.25) is 0 Å². The molecule has 68 valence electrons. The molecule has 0 saturated heterocycles. The van der Waals surface area contributed by atoms with Crippen LogP contribution in [0.4, 0.5) is 0 Å². The second-order valence-corrected chi connectivity index (χ2v) is 5.67. The van der Waals surface area contributed by atoms with E-state index in [0.717, 1.165) is 11.1 Å². The van der Waals surface area contributed by atoms with Crippen molar-refractivity contribution in [1.82, 2.24) is 0 Å². The van der Waals surface area contributed by atoms with Gasteiger partial charge >= 0.3 is 0 Å². The molecule has 1 rings (SSSR count). The molecule has 0 spiro atoms. The number of hydrogen-bond acceptors (Lipinski definition) is 0. The highest BCUT2D eigenvalue weighted by molar-refractivity contribution is 6.55. The first-order valence-corrected chi connectivity index (χ1v) is 4.92. The van der Waals surface area contributed by atoms with Gasteiger partial charge in [0.2, 0.25) is 0 Å². The zero-order valence-corrected chi connectivity index (χ0v) is 9.69. The fraction of sp³-hybridized carbons (Fsp3) is 0.500. The Bertz CT molecular complexity index is 232. The first-order chi connectivity index (χ1) is 5.26. The van der Waals surface area contributed by atoms with Crippen molar-refractivity contribution in [3.05, 3.63) is 23.3 Å². The molecule has 0 saturated carbocycles. The third kappa shape index (κ3) is 1.93. The Hall–Kier alpha value is 0.640. The lowest BCUT2D eigenvalue weighted by atomic mass is 10.00. The summed E-state index contributed by atoms with van der Waals surface area (Å²) in [5, 5.41) is 0. The van der Waals surface area contributed by atoms with Crippen LogP contribution in [-0.4, -0.2) is 8.67 Å². The Kier molecular flexibility index (Phi) is 2.76. The molecule has 12 heavy (non-hydrogen) atoms. The van der Waals surface area contributed by atoms with E-state index in [4.69, 9.17) is 46.4 Å². The Morgan fingerprint density at radius 1 is 0.833 bits per heavy atom. The molecule has 1 aliphatic rings. The van der Waals surface area contributed by atoms with Gasteiger partial charge in [-0.2, -0.15) is 0 Å². The third-order valence-corrected chi connectivity index (χ3v) is 3.48. The molecule has 0 N–H and O–H groups in total.